The van der Waals surface area contributed by atoms with Crippen LogP contribution >= 0.6 is 11.8 Å². The molecule has 2 heterocycles. The summed E-state index contributed by atoms with van der Waals surface area (Å²) in [6, 6.07) is 2.57. The van der Waals surface area contributed by atoms with E-state index < -0.39 is 5.97 Å². The largest absolute Gasteiger partial charge is 0.478 e. The average Bonchev–Trinajstić information content (AvgIpc) is 2.31. The van der Waals surface area contributed by atoms with Crippen LogP contribution in [-0.4, -0.2) is 26.0 Å². The van der Waals surface area contributed by atoms with Crippen LogP contribution in [0.1, 0.15) is 10.4 Å². The Morgan fingerprint density at radius 2 is 2.22 bits per heavy atom. The summed E-state index contributed by atoms with van der Waals surface area (Å²) in [5, 5.41) is 9.50. The number of aromatic amines is 1. The van der Waals surface area contributed by atoms with E-state index in [4.69, 9.17) is 10.8 Å². The summed E-state index contributed by atoms with van der Waals surface area (Å²) >= 11 is 0.951. The Bertz CT molecular complexity index is 656. The predicted octanol–water partition coefficient (Wildman–Crippen LogP) is 0.597. The zero-order valence-corrected chi connectivity index (χ0v) is 9.77. The van der Waals surface area contributed by atoms with Gasteiger partial charge in [-0.2, -0.15) is 0 Å². The molecule has 0 radical (unpaired) electrons. The van der Waals surface area contributed by atoms with E-state index in [-0.39, 0.29) is 27.0 Å². The van der Waals surface area contributed by atoms with Crippen LogP contribution < -0.4 is 11.3 Å². The van der Waals surface area contributed by atoms with Gasteiger partial charge in [-0.05, 0) is 17.8 Å². The van der Waals surface area contributed by atoms with Gasteiger partial charge >= 0.3 is 5.97 Å². The number of nitrogens with two attached hydrogens (primary N) is 1. The number of H-pyrrole nitrogens is 1. The Balaban J connectivity index is 2.40. The molecule has 0 fully saturated rings. The van der Waals surface area contributed by atoms with Gasteiger partial charge in [-0.1, -0.05) is 0 Å². The third-order valence-corrected chi connectivity index (χ3v) is 2.86. The van der Waals surface area contributed by atoms with Crippen molar-refractivity contribution < 1.29 is 9.90 Å². The molecule has 2 aromatic heterocycles. The van der Waals surface area contributed by atoms with E-state index in [0.717, 1.165) is 11.8 Å². The van der Waals surface area contributed by atoms with Crippen LogP contribution in [0.3, 0.4) is 0 Å². The number of anilines is 1. The van der Waals surface area contributed by atoms with Crippen molar-refractivity contribution in [3.05, 3.63) is 40.4 Å². The van der Waals surface area contributed by atoms with Crippen LogP contribution in [-0.2, 0) is 0 Å². The summed E-state index contributed by atoms with van der Waals surface area (Å²) in [6.45, 7) is 0. The molecule has 0 saturated carbocycles. The normalized spacial score (nSPS) is 10.2. The van der Waals surface area contributed by atoms with Gasteiger partial charge in [-0.15, -0.1) is 0 Å². The molecule has 0 spiro atoms. The molecule has 18 heavy (non-hydrogen) atoms. The van der Waals surface area contributed by atoms with Crippen molar-refractivity contribution in [3.63, 3.8) is 0 Å². The maximum absolute atomic E-state index is 11.1. The van der Waals surface area contributed by atoms with E-state index in [1.165, 1.54) is 24.5 Å². The lowest BCUT2D eigenvalue weighted by molar-refractivity contribution is 0.0692. The molecule has 0 aliphatic rings. The molecule has 8 heteroatoms. The Hall–Kier alpha value is -2.35. The van der Waals surface area contributed by atoms with Crippen molar-refractivity contribution >= 4 is 23.4 Å². The van der Waals surface area contributed by atoms with Gasteiger partial charge in [0.15, 0.2) is 5.16 Å². The van der Waals surface area contributed by atoms with E-state index in [1.807, 2.05) is 0 Å². The SMILES string of the molecule is Nc1cnc(Sc2nccc(=O)[nH]2)c(C(=O)O)c1. The molecular weight excluding hydrogens is 256 g/mol. The molecule has 2 rings (SSSR count). The van der Waals surface area contributed by atoms with Gasteiger partial charge in [0, 0.05) is 12.3 Å². The summed E-state index contributed by atoms with van der Waals surface area (Å²) in [4.78, 5) is 32.4. The van der Waals surface area contributed by atoms with Crippen LogP contribution in [0.25, 0.3) is 0 Å². The van der Waals surface area contributed by atoms with Crippen LogP contribution in [0.15, 0.2) is 39.5 Å². The Morgan fingerprint density at radius 1 is 1.44 bits per heavy atom. The van der Waals surface area contributed by atoms with E-state index >= 15 is 0 Å². The van der Waals surface area contributed by atoms with Crippen molar-refractivity contribution in [2.24, 2.45) is 0 Å². The number of nitrogen functional groups attached to an aromatic ring is 1. The second-order valence-corrected chi connectivity index (χ2v) is 4.25. The molecule has 0 unspecified atom stereocenters. The number of carboxylic acids is 1. The second-order valence-electron chi connectivity index (χ2n) is 3.27. The number of rotatable bonds is 3. The minimum atomic E-state index is -1.14. The number of hydrogen-bond donors (Lipinski definition) is 3. The fourth-order valence-electron chi connectivity index (χ4n) is 1.20. The lowest BCUT2D eigenvalue weighted by Gasteiger charge is -2.04. The summed E-state index contributed by atoms with van der Waals surface area (Å²) < 4.78 is 0. The highest BCUT2D eigenvalue weighted by molar-refractivity contribution is 7.99. The molecule has 0 bridgehead atoms. The highest BCUT2D eigenvalue weighted by Crippen LogP contribution is 2.26. The van der Waals surface area contributed by atoms with Crippen LogP contribution in [0.4, 0.5) is 5.69 Å². The molecule has 92 valence electrons. The zero-order chi connectivity index (χ0) is 13.1. The summed E-state index contributed by atoms with van der Waals surface area (Å²) in [5.41, 5.74) is 5.37. The average molecular weight is 264 g/mol. The topological polar surface area (TPSA) is 122 Å². The minimum absolute atomic E-state index is 0.0356. The first-order valence-corrected chi connectivity index (χ1v) is 5.60. The number of hydrogen-bond acceptors (Lipinski definition) is 6. The monoisotopic (exact) mass is 264 g/mol. The molecule has 0 aliphatic carbocycles. The van der Waals surface area contributed by atoms with Gasteiger partial charge in [0.2, 0.25) is 0 Å². The first-order valence-electron chi connectivity index (χ1n) is 4.78. The lowest BCUT2D eigenvalue weighted by atomic mass is 10.3. The molecular formula is C10H8N4O3S. The first-order chi connectivity index (χ1) is 8.56. The number of aromatic carboxylic acids is 1. The van der Waals surface area contributed by atoms with E-state index in [2.05, 4.69) is 15.0 Å². The number of nitrogens with zero attached hydrogens (tertiary/aromatic N) is 2. The molecule has 0 aliphatic heterocycles. The number of pyridine rings is 1. The van der Waals surface area contributed by atoms with Gasteiger partial charge < -0.3 is 15.8 Å². The Kier molecular flexibility index (Phi) is 3.28. The zero-order valence-electron chi connectivity index (χ0n) is 8.95. The van der Waals surface area contributed by atoms with Crippen molar-refractivity contribution in [1.29, 1.82) is 0 Å². The number of aromatic nitrogens is 3. The first kappa shape index (κ1) is 12.1. The number of nitrogens with one attached hydrogen (secondary N) is 1. The Labute approximate surface area is 105 Å². The van der Waals surface area contributed by atoms with Crippen LogP contribution in [0.2, 0.25) is 0 Å². The minimum Gasteiger partial charge on any atom is -0.478 e. The van der Waals surface area contributed by atoms with E-state index in [0.29, 0.717) is 0 Å². The van der Waals surface area contributed by atoms with Crippen molar-refractivity contribution in [3.8, 4) is 0 Å². The maximum atomic E-state index is 11.1. The molecule has 0 amide bonds. The summed E-state index contributed by atoms with van der Waals surface area (Å²) in [5.74, 6) is -1.14. The summed E-state index contributed by atoms with van der Waals surface area (Å²) in [7, 11) is 0. The molecule has 4 N–H and O–H groups in total. The summed E-state index contributed by atoms with van der Waals surface area (Å²) in [6.07, 6.45) is 2.68. The van der Waals surface area contributed by atoms with Gasteiger partial charge in [-0.3, -0.25) is 4.79 Å². The van der Waals surface area contributed by atoms with Crippen LogP contribution in [0.5, 0.6) is 0 Å². The van der Waals surface area contributed by atoms with Gasteiger partial charge in [0.1, 0.15) is 5.03 Å². The fraction of sp³-hybridized carbons (Fsp3) is 0. The molecule has 2 aromatic rings. The van der Waals surface area contributed by atoms with E-state index in [1.54, 1.807) is 0 Å². The molecule has 0 atom stereocenters. The van der Waals surface area contributed by atoms with Crippen molar-refractivity contribution in [2.45, 2.75) is 10.2 Å². The van der Waals surface area contributed by atoms with Gasteiger partial charge in [-0.25, -0.2) is 14.8 Å². The van der Waals surface area contributed by atoms with Crippen molar-refractivity contribution in [1.82, 2.24) is 15.0 Å². The fourth-order valence-corrected chi connectivity index (χ4v) is 2.01. The third-order valence-electron chi connectivity index (χ3n) is 1.94. The Morgan fingerprint density at radius 3 is 2.89 bits per heavy atom. The number of carboxylic acid groups (broad SMARTS) is 1. The van der Waals surface area contributed by atoms with Crippen molar-refractivity contribution in [2.75, 3.05) is 5.73 Å². The highest BCUT2D eigenvalue weighted by Gasteiger charge is 2.14. The highest BCUT2D eigenvalue weighted by atomic mass is 32.2. The molecule has 0 aromatic carbocycles. The smallest absolute Gasteiger partial charge is 0.338 e. The quantitative estimate of drug-likeness (QED) is 0.693. The second kappa shape index (κ2) is 4.88. The van der Waals surface area contributed by atoms with Crippen LogP contribution in [0, 0.1) is 0 Å². The molecule has 0 saturated heterocycles. The standard InChI is InChI=1S/C10H8N4O3S/c11-5-3-6(9(16)17)8(13-4-5)18-10-12-2-1-7(15)14-10/h1-4H,11H2,(H,16,17)(H,12,14,15). The maximum Gasteiger partial charge on any atom is 0.338 e. The third kappa shape index (κ3) is 2.66. The molecule has 7 nitrogen and oxygen atoms in total. The van der Waals surface area contributed by atoms with Gasteiger partial charge in [0.25, 0.3) is 5.56 Å². The van der Waals surface area contributed by atoms with Gasteiger partial charge in [0.05, 0.1) is 17.4 Å². The number of carbonyl (C=O) groups is 1. The lowest BCUT2D eigenvalue weighted by Crippen LogP contribution is -2.07. The van der Waals surface area contributed by atoms with E-state index in [9.17, 15) is 9.59 Å². The predicted molar refractivity (Wildman–Crippen MR) is 64.6 cm³/mol.